The van der Waals surface area contributed by atoms with Gasteiger partial charge >= 0.3 is 12.4 Å². The summed E-state index contributed by atoms with van der Waals surface area (Å²) in [5, 5.41) is 9.50. The molecule has 0 aliphatic carbocycles. The van der Waals surface area contributed by atoms with Crippen LogP contribution >= 0.6 is 11.8 Å². The minimum Gasteiger partial charge on any atom is -0.369 e. The van der Waals surface area contributed by atoms with Gasteiger partial charge in [0.1, 0.15) is 0 Å². The lowest BCUT2D eigenvalue weighted by molar-refractivity contribution is -0.376. The van der Waals surface area contributed by atoms with E-state index in [1.807, 2.05) is 30.3 Å². The summed E-state index contributed by atoms with van der Waals surface area (Å²) in [4.78, 5) is 15.5. The lowest BCUT2D eigenvalue weighted by Crippen LogP contribution is -2.54. The highest BCUT2D eigenvalue weighted by Gasteiger charge is 2.71. The molecular weight excluding hydrogens is 504 g/mol. The highest BCUT2D eigenvalue weighted by molar-refractivity contribution is 8.00. The molecule has 5 rings (SSSR count). The van der Waals surface area contributed by atoms with Crippen molar-refractivity contribution in [2.24, 2.45) is 0 Å². The number of carbonyl (C=O) groups excluding carboxylic acids is 1. The number of carbonyl (C=O) groups is 1. The van der Waals surface area contributed by atoms with Crippen molar-refractivity contribution in [3.8, 4) is 0 Å². The maximum atomic E-state index is 13.9. The molecule has 2 heterocycles. The van der Waals surface area contributed by atoms with Crippen molar-refractivity contribution in [1.29, 1.82) is 0 Å². The van der Waals surface area contributed by atoms with E-state index in [9.17, 15) is 36.2 Å². The Morgan fingerprint density at radius 3 is 2.03 bits per heavy atom. The summed E-state index contributed by atoms with van der Waals surface area (Å²) >= 11 is 1.07. The average Bonchev–Trinajstić information content (AvgIpc) is 2.82. The van der Waals surface area contributed by atoms with Crippen molar-refractivity contribution >= 4 is 23.4 Å². The van der Waals surface area contributed by atoms with Crippen LogP contribution in [0.3, 0.4) is 0 Å². The number of hydrogen-bond acceptors (Lipinski definition) is 3. The molecule has 0 spiro atoms. The van der Waals surface area contributed by atoms with Crippen LogP contribution in [0.1, 0.15) is 41.1 Å². The topological polar surface area (TPSA) is 40.5 Å². The van der Waals surface area contributed by atoms with Crippen LogP contribution in [0, 0.1) is 0 Å². The van der Waals surface area contributed by atoms with Crippen LogP contribution in [0.5, 0.6) is 0 Å². The smallest absolute Gasteiger partial charge is 0.369 e. The lowest BCUT2D eigenvalue weighted by atomic mass is 9.79. The Morgan fingerprint density at radius 1 is 0.833 bits per heavy atom. The third-order valence-corrected chi connectivity index (χ3v) is 7.95. The van der Waals surface area contributed by atoms with Crippen LogP contribution in [0.25, 0.3) is 0 Å². The molecule has 1 amide bonds. The first kappa shape index (κ1) is 24.7. The third-order valence-electron chi connectivity index (χ3n) is 6.74. The summed E-state index contributed by atoms with van der Waals surface area (Å²) in [5.41, 5.74) is -3.78. The first-order valence-electron chi connectivity index (χ1n) is 11.0. The molecule has 2 aliphatic heterocycles. The number of benzene rings is 3. The van der Waals surface area contributed by atoms with Gasteiger partial charge in [0.25, 0.3) is 5.60 Å². The van der Waals surface area contributed by atoms with Crippen LogP contribution in [0.4, 0.5) is 32.0 Å². The molecular formula is C26H19F6NO2S. The van der Waals surface area contributed by atoms with Crippen molar-refractivity contribution in [3.63, 3.8) is 0 Å². The molecule has 0 aromatic heterocycles. The van der Waals surface area contributed by atoms with E-state index in [1.165, 1.54) is 4.90 Å². The molecule has 10 heteroatoms. The van der Waals surface area contributed by atoms with E-state index in [0.717, 1.165) is 34.5 Å². The molecule has 3 aromatic rings. The maximum Gasteiger partial charge on any atom is 0.430 e. The molecule has 1 N–H and O–H groups in total. The van der Waals surface area contributed by atoms with Gasteiger partial charge in [0.05, 0.1) is 17.6 Å². The number of anilines is 1. The molecule has 3 atom stereocenters. The van der Waals surface area contributed by atoms with Gasteiger partial charge in [-0.3, -0.25) is 4.79 Å². The Balaban J connectivity index is 1.68. The maximum absolute atomic E-state index is 13.9. The van der Waals surface area contributed by atoms with Gasteiger partial charge in [0.15, 0.2) is 0 Å². The van der Waals surface area contributed by atoms with Gasteiger partial charge in [-0.25, -0.2) is 0 Å². The fourth-order valence-corrected chi connectivity index (χ4v) is 6.36. The van der Waals surface area contributed by atoms with E-state index in [1.54, 1.807) is 31.2 Å². The van der Waals surface area contributed by atoms with Gasteiger partial charge in [-0.15, -0.1) is 11.8 Å². The zero-order valence-electron chi connectivity index (χ0n) is 18.6. The molecule has 188 valence electrons. The second-order valence-electron chi connectivity index (χ2n) is 8.84. The fourth-order valence-electron chi connectivity index (χ4n) is 5.08. The van der Waals surface area contributed by atoms with E-state index in [4.69, 9.17) is 0 Å². The minimum atomic E-state index is -5.99. The largest absolute Gasteiger partial charge is 0.430 e. The van der Waals surface area contributed by atoms with Gasteiger partial charge in [-0.2, -0.15) is 26.3 Å². The minimum absolute atomic E-state index is 0.0581. The molecule has 0 saturated heterocycles. The predicted molar refractivity (Wildman–Crippen MR) is 123 cm³/mol. The Bertz CT molecular complexity index is 1310. The van der Waals surface area contributed by atoms with Crippen molar-refractivity contribution < 1.29 is 36.2 Å². The van der Waals surface area contributed by atoms with Crippen LogP contribution in [0.15, 0.2) is 77.7 Å². The first-order chi connectivity index (χ1) is 16.9. The third kappa shape index (κ3) is 3.53. The van der Waals surface area contributed by atoms with Gasteiger partial charge < -0.3 is 10.0 Å². The van der Waals surface area contributed by atoms with Crippen LogP contribution in [-0.2, 0) is 10.4 Å². The van der Waals surface area contributed by atoms with Crippen molar-refractivity contribution in [1.82, 2.24) is 0 Å². The summed E-state index contributed by atoms with van der Waals surface area (Å²) < 4.78 is 80.9. The highest BCUT2D eigenvalue weighted by atomic mass is 32.2. The molecule has 36 heavy (non-hydrogen) atoms. The van der Waals surface area contributed by atoms with Gasteiger partial charge in [-0.05, 0) is 28.8 Å². The lowest BCUT2D eigenvalue weighted by Gasteiger charge is -2.47. The van der Waals surface area contributed by atoms with E-state index in [0.29, 0.717) is 12.1 Å². The summed E-state index contributed by atoms with van der Waals surface area (Å²) in [6.07, 6.45) is -12.0. The van der Waals surface area contributed by atoms with Crippen LogP contribution in [0.2, 0.25) is 0 Å². The Kier molecular flexibility index (Phi) is 5.68. The second kappa shape index (κ2) is 8.27. The number of halogens is 6. The van der Waals surface area contributed by atoms with E-state index in [-0.39, 0.29) is 21.7 Å². The van der Waals surface area contributed by atoms with E-state index in [2.05, 4.69) is 0 Å². The fraction of sp³-hybridized carbons (Fsp3) is 0.269. The highest BCUT2D eigenvalue weighted by Crippen LogP contribution is 2.56. The molecule has 2 aliphatic rings. The number of alkyl halides is 6. The standard InChI is InChI=1S/C26H19F6NO2S/c1-14-22-18-10-6-5-9-17(18)21(15-7-3-2-4-8-15)23(34)33(22)19-12-11-16(13-20(19)36-14)24(35,25(27,28)29)26(30,31)32/h2-14,21-22,35H,1H3/t14-,21+,22-/m0/s1. The Morgan fingerprint density at radius 2 is 1.42 bits per heavy atom. The summed E-state index contributed by atoms with van der Waals surface area (Å²) in [7, 11) is 0. The Labute approximate surface area is 206 Å². The molecule has 3 aromatic carbocycles. The van der Waals surface area contributed by atoms with Crippen molar-refractivity contribution in [2.75, 3.05) is 4.90 Å². The molecule has 0 saturated carbocycles. The Hall–Kier alpha value is -2.98. The molecule has 0 radical (unpaired) electrons. The van der Waals surface area contributed by atoms with E-state index < -0.39 is 35.5 Å². The zero-order chi connectivity index (χ0) is 26.0. The summed E-state index contributed by atoms with van der Waals surface area (Å²) in [6, 6.07) is 18.3. The summed E-state index contributed by atoms with van der Waals surface area (Å²) in [5.74, 6) is -1.02. The van der Waals surface area contributed by atoms with E-state index >= 15 is 0 Å². The van der Waals surface area contributed by atoms with Crippen molar-refractivity contribution in [2.45, 2.75) is 47.0 Å². The van der Waals surface area contributed by atoms with Gasteiger partial charge in [0.2, 0.25) is 5.91 Å². The second-order valence-corrected chi connectivity index (χ2v) is 10.3. The van der Waals surface area contributed by atoms with Crippen LogP contribution in [-0.4, -0.2) is 28.6 Å². The number of hydrogen-bond donors (Lipinski definition) is 1. The predicted octanol–water partition coefficient (Wildman–Crippen LogP) is 6.71. The van der Waals surface area contributed by atoms with Gasteiger partial charge in [0, 0.05) is 15.7 Å². The van der Waals surface area contributed by atoms with Gasteiger partial charge in [-0.1, -0.05) is 67.6 Å². The van der Waals surface area contributed by atoms with Crippen LogP contribution < -0.4 is 4.90 Å². The molecule has 0 fully saturated rings. The number of fused-ring (bicyclic) bond motifs is 5. The molecule has 0 bridgehead atoms. The molecule has 0 unspecified atom stereocenters. The van der Waals surface area contributed by atoms with Crippen molar-refractivity contribution in [3.05, 3.63) is 95.1 Å². The monoisotopic (exact) mass is 523 g/mol. The number of amides is 1. The first-order valence-corrected chi connectivity index (χ1v) is 11.9. The SMILES string of the molecule is C[C@@H]1Sc2cc(C(O)(C(F)(F)F)C(F)(F)F)ccc2N2C(=O)[C@H](c3ccccc3)c3ccccc3[C@H]12. The summed E-state index contributed by atoms with van der Waals surface area (Å²) in [6.45, 7) is 1.77. The number of rotatable bonds is 2. The zero-order valence-corrected chi connectivity index (χ0v) is 19.5. The number of nitrogens with zero attached hydrogens (tertiary/aromatic N) is 1. The normalized spacial score (nSPS) is 22.1. The number of thioether (sulfide) groups is 1. The number of aliphatic hydroxyl groups is 1. The quantitative estimate of drug-likeness (QED) is 0.380. The molecule has 3 nitrogen and oxygen atoms in total. The average molecular weight is 523 g/mol.